The molecule has 2 nitrogen and oxygen atoms in total. The van der Waals surface area contributed by atoms with Crippen molar-refractivity contribution in [2.75, 3.05) is 6.61 Å². The molecule has 0 saturated carbocycles. The van der Waals surface area contributed by atoms with Gasteiger partial charge in [-0.15, -0.1) is 23.2 Å². The molecule has 0 heterocycles. The first-order valence-corrected chi connectivity index (χ1v) is 6.38. The first-order chi connectivity index (χ1) is 6.45. The Morgan fingerprint density at radius 3 is 2.57 bits per heavy atom. The van der Waals surface area contributed by atoms with Gasteiger partial charge in [-0.2, -0.15) is 0 Å². The van der Waals surface area contributed by atoms with E-state index in [-0.39, 0.29) is 5.97 Å². The van der Waals surface area contributed by atoms with Gasteiger partial charge in [0, 0.05) is 16.3 Å². The molecule has 0 rings (SSSR count). The molecule has 0 aliphatic carbocycles. The highest BCUT2D eigenvalue weighted by Crippen LogP contribution is 2.23. The quantitative estimate of drug-likeness (QED) is 0.228. The number of ether oxygens (including phenoxy) is 1. The highest BCUT2D eigenvalue weighted by Gasteiger charge is 2.14. The maximum Gasteiger partial charge on any atom is 0.330 e. The van der Waals surface area contributed by atoms with Crippen LogP contribution in [0.5, 0.6) is 0 Å². The van der Waals surface area contributed by atoms with Gasteiger partial charge in [-0.1, -0.05) is 13.0 Å². The Kier molecular flexibility index (Phi) is 7.32. The molecule has 0 fully saturated rings. The van der Waals surface area contributed by atoms with Gasteiger partial charge in [0.05, 0.1) is 10.6 Å². The fraction of sp³-hybridized carbons (Fsp3) is 0.667. The van der Waals surface area contributed by atoms with E-state index in [0.717, 1.165) is 35.9 Å². The average molecular weight is 255 g/mol. The van der Waals surface area contributed by atoms with Gasteiger partial charge >= 0.3 is 5.97 Å². The van der Waals surface area contributed by atoms with Crippen molar-refractivity contribution in [3.05, 3.63) is 12.7 Å². The van der Waals surface area contributed by atoms with Crippen LogP contribution in [-0.2, 0) is 9.53 Å². The van der Waals surface area contributed by atoms with Gasteiger partial charge < -0.3 is 4.74 Å². The lowest BCUT2D eigenvalue weighted by atomic mass is 10.2. The van der Waals surface area contributed by atoms with E-state index in [9.17, 15) is 4.79 Å². The molecule has 82 valence electrons. The summed E-state index contributed by atoms with van der Waals surface area (Å²) in [6, 6.07) is 0. The van der Waals surface area contributed by atoms with Crippen molar-refractivity contribution in [2.24, 2.45) is 0 Å². The van der Waals surface area contributed by atoms with Gasteiger partial charge in [-0.25, -0.2) is 4.79 Å². The highest BCUT2D eigenvalue weighted by molar-refractivity contribution is 6.65. The summed E-state index contributed by atoms with van der Waals surface area (Å²) in [4.78, 5) is 10.6. The molecule has 0 bridgehead atoms. The molecule has 0 unspecified atom stereocenters. The Hall–Kier alpha value is 0.00688. The van der Waals surface area contributed by atoms with Crippen molar-refractivity contribution in [3.63, 3.8) is 0 Å². The number of alkyl halides is 2. The largest absolute Gasteiger partial charge is 0.463 e. The van der Waals surface area contributed by atoms with E-state index in [0.29, 0.717) is 6.61 Å². The first kappa shape index (κ1) is 14.0. The Bertz CT molecular complexity index is 190. The normalized spacial score (nSPS) is 11.3. The molecule has 14 heavy (non-hydrogen) atoms. The van der Waals surface area contributed by atoms with Crippen molar-refractivity contribution in [1.29, 1.82) is 0 Å². The second-order valence-corrected chi connectivity index (χ2v) is 8.09. The smallest absolute Gasteiger partial charge is 0.330 e. The van der Waals surface area contributed by atoms with Crippen LogP contribution in [0.15, 0.2) is 12.7 Å². The molecule has 0 amide bonds. The Morgan fingerprint density at radius 1 is 1.43 bits per heavy atom. The standard InChI is InChI=1S/C9H16Cl2O2Si/c1-2-8(12)13-7-5-3-4-6-9(10,11)14/h2H,1,3-7H2,14H3. The second kappa shape index (κ2) is 7.32. The van der Waals surface area contributed by atoms with Crippen molar-refractivity contribution in [3.8, 4) is 0 Å². The van der Waals surface area contributed by atoms with Gasteiger partial charge in [-0.05, 0) is 19.3 Å². The number of hydrogen-bond acceptors (Lipinski definition) is 2. The lowest BCUT2D eigenvalue weighted by Gasteiger charge is -2.12. The Balaban J connectivity index is 3.22. The molecule has 0 atom stereocenters. The monoisotopic (exact) mass is 254 g/mol. The topological polar surface area (TPSA) is 26.3 Å². The number of halogens is 2. The number of rotatable bonds is 7. The van der Waals surface area contributed by atoms with Crippen LogP contribution >= 0.6 is 23.2 Å². The third-order valence-electron chi connectivity index (χ3n) is 1.67. The lowest BCUT2D eigenvalue weighted by Crippen LogP contribution is -2.11. The van der Waals surface area contributed by atoms with Crippen LogP contribution in [0.4, 0.5) is 0 Å². The minimum absolute atomic E-state index is 0.364. The lowest BCUT2D eigenvalue weighted by molar-refractivity contribution is -0.137. The van der Waals surface area contributed by atoms with Crippen LogP contribution in [0.1, 0.15) is 25.7 Å². The third kappa shape index (κ3) is 10.1. The van der Waals surface area contributed by atoms with Crippen LogP contribution in [0.2, 0.25) is 0 Å². The maximum atomic E-state index is 10.6. The second-order valence-electron chi connectivity index (χ2n) is 3.25. The summed E-state index contributed by atoms with van der Waals surface area (Å²) in [6.07, 6.45) is 4.79. The average Bonchev–Trinajstić information content (AvgIpc) is 2.08. The fourth-order valence-electron chi connectivity index (χ4n) is 0.946. The molecule has 0 N–H and O–H groups in total. The van der Waals surface area contributed by atoms with E-state index < -0.39 is 3.96 Å². The molecule has 0 spiro atoms. The number of carbonyl (C=O) groups excluding carboxylic acids is 1. The van der Waals surface area contributed by atoms with Crippen molar-refractivity contribution < 1.29 is 9.53 Å². The Morgan fingerprint density at radius 2 is 2.07 bits per heavy atom. The molecule has 0 aliphatic rings. The van der Waals surface area contributed by atoms with E-state index in [1.807, 2.05) is 0 Å². The van der Waals surface area contributed by atoms with Crippen LogP contribution in [0.3, 0.4) is 0 Å². The van der Waals surface area contributed by atoms with Crippen molar-refractivity contribution in [1.82, 2.24) is 0 Å². The van der Waals surface area contributed by atoms with E-state index in [1.165, 1.54) is 6.08 Å². The molecular weight excluding hydrogens is 239 g/mol. The third-order valence-corrected chi connectivity index (χ3v) is 2.55. The molecule has 0 aliphatic heterocycles. The van der Waals surface area contributed by atoms with Gasteiger partial charge in [0.25, 0.3) is 0 Å². The van der Waals surface area contributed by atoms with E-state index >= 15 is 0 Å². The first-order valence-electron chi connectivity index (χ1n) is 4.63. The predicted molar refractivity (Wildman–Crippen MR) is 64.0 cm³/mol. The molecular formula is C9H16Cl2O2Si. The minimum Gasteiger partial charge on any atom is -0.463 e. The van der Waals surface area contributed by atoms with Gasteiger partial charge in [0.1, 0.15) is 0 Å². The maximum absolute atomic E-state index is 10.6. The number of esters is 1. The molecule has 5 heteroatoms. The summed E-state index contributed by atoms with van der Waals surface area (Å²) < 4.78 is 4.31. The molecule has 0 aromatic heterocycles. The predicted octanol–water partition coefficient (Wildman–Crippen LogP) is 1.77. The van der Waals surface area contributed by atoms with Crippen LogP contribution < -0.4 is 0 Å². The fourth-order valence-corrected chi connectivity index (χ4v) is 1.57. The zero-order chi connectivity index (χ0) is 11.0. The summed E-state index contributed by atoms with van der Waals surface area (Å²) >= 11 is 11.7. The number of unbranched alkanes of at least 4 members (excludes halogenated alkanes) is 2. The summed E-state index contributed by atoms with van der Waals surface area (Å²) in [7, 11) is 0.777. The van der Waals surface area contributed by atoms with E-state index in [4.69, 9.17) is 27.9 Å². The highest BCUT2D eigenvalue weighted by atomic mass is 35.5. The van der Waals surface area contributed by atoms with E-state index in [2.05, 4.69) is 6.58 Å². The zero-order valence-electron chi connectivity index (χ0n) is 8.39. The SMILES string of the molecule is C=CC(=O)OCCCCCC([SiH3])(Cl)Cl. The van der Waals surface area contributed by atoms with Crippen LogP contribution in [0.25, 0.3) is 0 Å². The van der Waals surface area contributed by atoms with Gasteiger partial charge in [0.15, 0.2) is 0 Å². The molecule has 0 saturated heterocycles. The summed E-state index contributed by atoms with van der Waals surface area (Å²) in [6.45, 7) is 3.75. The van der Waals surface area contributed by atoms with Gasteiger partial charge in [-0.3, -0.25) is 0 Å². The summed E-state index contributed by atoms with van der Waals surface area (Å²) in [5.41, 5.74) is 0. The van der Waals surface area contributed by atoms with Crippen molar-refractivity contribution >= 4 is 39.4 Å². The molecule has 0 aromatic carbocycles. The summed E-state index contributed by atoms with van der Waals surface area (Å²) in [5, 5.41) is 0. The van der Waals surface area contributed by atoms with E-state index in [1.54, 1.807) is 0 Å². The summed E-state index contributed by atoms with van der Waals surface area (Å²) in [5.74, 6) is -0.364. The number of hydrogen-bond donors (Lipinski definition) is 0. The van der Waals surface area contributed by atoms with Crippen LogP contribution in [-0.4, -0.2) is 26.8 Å². The minimum atomic E-state index is -0.502. The Labute approximate surface area is 98.0 Å². The van der Waals surface area contributed by atoms with Crippen LogP contribution in [0, 0.1) is 0 Å². The molecule has 0 radical (unpaired) electrons. The number of carbonyl (C=O) groups is 1. The van der Waals surface area contributed by atoms with Gasteiger partial charge in [0.2, 0.25) is 0 Å². The zero-order valence-corrected chi connectivity index (χ0v) is 11.9. The van der Waals surface area contributed by atoms with Crippen molar-refractivity contribution in [2.45, 2.75) is 29.6 Å². The molecule has 0 aromatic rings.